The Balaban J connectivity index is 1.35. The molecule has 0 aliphatic carbocycles. The second-order valence-corrected chi connectivity index (χ2v) is 6.32. The van der Waals surface area contributed by atoms with Crippen LogP contribution in [0.15, 0.2) is 48.0 Å². The zero-order chi connectivity index (χ0) is 17.3. The molecule has 134 valence electrons. The molecule has 1 aliphatic rings. The largest absolute Gasteiger partial charge is 0.369 e. The van der Waals surface area contributed by atoms with E-state index in [1.807, 2.05) is 11.6 Å². The highest BCUT2D eigenvalue weighted by Crippen LogP contribution is 2.19. The molecule has 1 saturated heterocycles. The lowest BCUT2D eigenvalue weighted by Crippen LogP contribution is -2.44. The number of hydrogen-bond donors (Lipinski definition) is 2. The van der Waals surface area contributed by atoms with Crippen LogP contribution in [0, 0.1) is 0 Å². The molecule has 1 aromatic carbocycles. The first-order chi connectivity index (χ1) is 12.3. The van der Waals surface area contributed by atoms with E-state index in [1.165, 1.54) is 5.69 Å². The molecule has 0 spiro atoms. The van der Waals surface area contributed by atoms with Crippen LogP contribution in [0.2, 0.25) is 0 Å². The number of benzene rings is 1. The minimum atomic E-state index is 0.434. The van der Waals surface area contributed by atoms with Crippen LogP contribution in [0.1, 0.15) is 19.3 Å². The normalized spacial score (nSPS) is 17.7. The summed E-state index contributed by atoms with van der Waals surface area (Å²) in [6.45, 7) is 3.96. The molecule has 0 saturated carbocycles. The SMILES string of the molecule is CN=C(NCCCCn1cnnc1)NC1CCN(c2ccccc2)C1. The van der Waals surface area contributed by atoms with Crippen molar-refractivity contribution in [3.8, 4) is 0 Å². The molecule has 2 N–H and O–H groups in total. The van der Waals surface area contributed by atoms with Gasteiger partial charge in [-0.1, -0.05) is 18.2 Å². The number of guanidine groups is 1. The molecule has 1 aliphatic heterocycles. The minimum absolute atomic E-state index is 0.434. The average Bonchev–Trinajstić information content (AvgIpc) is 3.33. The molecule has 1 fully saturated rings. The van der Waals surface area contributed by atoms with E-state index in [-0.39, 0.29) is 0 Å². The van der Waals surface area contributed by atoms with Crippen molar-refractivity contribution in [3.63, 3.8) is 0 Å². The zero-order valence-electron chi connectivity index (χ0n) is 14.8. The van der Waals surface area contributed by atoms with Gasteiger partial charge in [0.25, 0.3) is 0 Å². The smallest absolute Gasteiger partial charge is 0.191 e. The molecule has 0 amide bonds. The van der Waals surface area contributed by atoms with E-state index >= 15 is 0 Å². The Labute approximate surface area is 149 Å². The number of rotatable bonds is 7. The summed E-state index contributed by atoms with van der Waals surface area (Å²) in [5, 5.41) is 14.6. The minimum Gasteiger partial charge on any atom is -0.369 e. The van der Waals surface area contributed by atoms with E-state index in [9.17, 15) is 0 Å². The van der Waals surface area contributed by atoms with Crippen molar-refractivity contribution in [2.24, 2.45) is 4.99 Å². The average molecular weight is 341 g/mol. The fourth-order valence-corrected chi connectivity index (χ4v) is 3.10. The summed E-state index contributed by atoms with van der Waals surface area (Å²) in [7, 11) is 1.83. The highest BCUT2D eigenvalue weighted by atomic mass is 15.2. The Morgan fingerprint density at radius 3 is 2.76 bits per heavy atom. The highest BCUT2D eigenvalue weighted by molar-refractivity contribution is 5.80. The molecule has 1 aromatic heterocycles. The lowest BCUT2D eigenvalue weighted by Gasteiger charge is -2.20. The summed E-state index contributed by atoms with van der Waals surface area (Å²) in [5.41, 5.74) is 1.30. The Hall–Kier alpha value is -2.57. The standard InChI is InChI=1S/C18H27N7/c1-19-18(20-10-5-6-11-24-14-21-22-15-24)23-16-9-12-25(13-16)17-7-3-2-4-8-17/h2-4,7-8,14-16H,5-6,9-13H2,1H3,(H2,19,20,23). The molecule has 0 radical (unpaired) electrons. The van der Waals surface area contributed by atoms with Crippen LogP contribution in [-0.2, 0) is 6.54 Å². The molecule has 2 heterocycles. The van der Waals surface area contributed by atoms with Crippen molar-refractivity contribution in [2.75, 3.05) is 31.6 Å². The van der Waals surface area contributed by atoms with Crippen LogP contribution in [0.4, 0.5) is 5.69 Å². The number of aromatic nitrogens is 3. The van der Waals surface area contributed by atoms with Crippen molar-refractivity contribution < 1.29 is 0 Å². The molecule has 7 nitrogen and oxygen atoms in total. The topological polar surface area (TPSA) is 70.4 Å². The van der Waals surface area contributed by atoms with Gasteiger partial charge in [0, 0.05) is 45.0 Å². The van der Waals surface area contributed by atoms with Gasteiger partial charge < -0.3 is 20.1 Å². The third-order valence-corrected chi connectivity index (χ3v) is 4.48. The highest BCUT2D eigenvalue weighted by Gasteiger charge is 2.23. The van der Waals surface area contributed by atoms with Gasteiger partial charge in [0.2, 0.25) is 0 Å². The third-order valence-electron chi connectivity index (χ3n) is 4.48. The Morgan fingerprint density at radius 1 is 1.20 bits per heavy atom. The van der Waals surface area contributed by atoms with Crippen LogP contribution < -0.4 is 15.5 Å². The first kappa shape index (κ1) is 17.3. The van der Waals surface area contributed by atoms with E-state index < -0.39 is 0 Å². The van der Waals surface area contributed by atoms with Crippen molar-refractivity contribution in [1.82, 2.24) is 25.4 Å². The fourth-order valence-electron chi connectivity index (χ4n) is 3.10. The van der Waals surface area contributed by atoms with Crippen molar-refractivity contribution in [3.05, 3.63) is 43.0 Å². The van der Waals surface area contributed by atoms with Gasteiger partial charge in [-0.15, -0.1) is 10.2 Å². The third kappa shape index (κ3) is 5.20. The van der Waals surface area contributed by atoms with Crippen LogP contribution >= 0.6 is 0 Å². The summed E-state index contributed by atoms with van der Waals surface area (Å²) in [6, 6.07) is 11.0. The molecular formula is C18H27N7. The van der Waals surface area contributed by atoms with E-state index in [0.29, 0.717) is 6.04 Å². The predicted molar refractivity (Wildman–Crippen MR) is 101 cm³/mol. The Kier molecular flexibility index (Phi) is 6.25. The van der Waals surface area contributed by atoms with Crippen molar-refractivity contribution in [1.29, 1.82) is 0 Å². The molecule has 1 atom stereocenters. The summed E-state index contributed by atoms with van der Waals surface area (Å²) >= 11 is 0. The van der Waals surface area contributed by atoms with Gasteiger partial charge >= 0.3 is 0 Å². The van der Waals surface area contributed by atoms with Gasteiger partial charge in [-0.3, -0.25) is 4.99 Å². The van der Waals surface area contributed by atoms with Gasteiger partial charge in [-0.2, -0.15) is 0 Å². The fraction of sp³-hybridized carbons (Fsp3) is 0.500. The quantitative estimate of drug-likeness (QED) is 0.454. The second kappa shape index (κ2) is 9.05. The number of aryl methyl sites for hydroxylation is 1. The summed E-state index contributed by atoms with van der Waals surface area (Å²) in [6.07, 6.45) is 6.81. The molecule has 7 heteroatoms. The molecule has 1 unspecified atom stereocenters. The van der Waals surface area contributed by atoms with E-state index in [2.05, 4.69) is 61.1 Å². The number of aliphatic imine (C=N–C) groups is 1. The van der Waals surface area contributed by atoms with Crippen molar-refractivity contribution >= 4 is 11.6 Å². The van der Waals surface area contributed by atoms with Crippen LogP contribution in [0.5, 0.6) is 0 Å². The number of nitrogens with one attached hydrogen (secondary N) is 2. The maximum Gasteiger partial charge on any atom is 0.191 e. The van der Waals surface area contributed by atoms with Crippen LogP contribution in [0.3, 0.4) is 0 Å². The van der Waals surface area contributed by atoms with Crippen LogP contribution in [-0.4, -0.2) is 53.4 Å². The molecule has 3 rings (SSSR count). The number of nitrogens with zero attached hydrogens (tertiary/aromatic N) is 5. The van der Waals surface area contributed by atoms with E-state index in [0.717, 1.165) is 51.4 Å². The first-order valence-corrected chi connectivity index (χ1v) is 8.95. The lowest BCUT2D eigenvalue weighted by atomic mass is 10.2. The zero-order valence-corrected chi connectivity index (χ0v) is 14.8. The molecular weight excluding hydrogens is 314 g/mol. The van der Waals surface area contributed by atoms with Gasteiger partial charge in [-0.25, -0.2) is 0 Å². The second-order valence-electron chi connectivity index (χ2n) is 6.32. The van der Waals surface area contributed by atoms with Gasteiger partial charge in [-0.05, 0) is 31.4 Å². The maximum atomic E-state index is 4.35. The van der Waals surface area contributed by atoms with Crippen LogP contribution in [0.25, 0.3) is 0 Å². The summed E-state index contributed by atoms with van der Waals surface area (Å²) in [4.78, 5) is 6.77. The van der Waals surface area contributed by atoms with Gasteiger partial charge in [0.1, 0.15) is 12.7 Å². The summed E-state index contributed by atoms with van der Waals surface area (Å²) in [5.74, 6) is 0.893. The first-order valence-electron chi connectivity index (χ1n) is 8.95. The Morgan fingerprint density at radius 2 is 2.00 bits per heavy atom. The summed E-state index contributed by atoms with van der Waals surface area (Å²) < 4.78 is 2.00. The monoisotopic (exact) mass is 341 g/mol. The number of unbranched alkanes of at least 4 members (excludes halogenated alkanes) is 1. The van der Waals surface area contributed by atoms with Gasteiger partial charge in [0.05, 0.1) is 0 Å². The number of anilines is 1. The maximum absolute atomic E-state index is 4.35. The van der Waals surface area contributed by atoms with E-state index in [4.69, 9.17) is 0 Å². The molecule has 2 aromatic rings. The van der Waals surface area contributed by atoms with E-state index in [1.54, 1.807) is 12.7 Å². The Bertz CT molecular complexity index is 639. The number of hydrogen-bond acceptors (Lipinski definition) is 4. The molecule has 0 bridgehead atoms. The predicted octanol–water partition coefficient (Wildman–Crippen LogP) is 1.50. The lowest BCUT2D eigenvalue weighted by molar-refractivity contribution is 0.590. The number of para-hydroxylation sites is 1. The molecule has 25 heavy (non-hydrogen) atoms. The van der Waals surface area contributed by atoms with Crippen molar-refractivity contribution in [2.45, 2.75) is 31.8 Å². The van der Waals surface area contributed by atoms with Gasteiger partial charge in [0.15, 0.2) is 5.96 Å².